The van der Waals surface area contributed by atoms with Crippen molar-refractivity contribution in [3.63, 3.8) is 0 Å². The molecule has 0 radical (unpaired) electrons. The first-order chi connectivity index (χ1) is 12.3. The fraction of sp³-hybridized carbons (Fsp3) is 0.222. The zero-order chi connectivity index (χ0) is 19.3. The monoisotopic (exact) mass is 357 g/mol. The third-order valence-electron chi connectivity index (χ3n) is 3.74. The Bertz CT molecular complexity index is 823. The smallest absolute Gasteiger partial charge is 0.341 e. The number of benzene rings is 2. The number of likely N-dealkylation sites (N-methyl/N-ethyl adjacent to an activating group) is 1. The lowest BCUT2D eigenvalue weighted by molar-refractivity contribution is -0.384. The van der Waals surface area contributed by atoms with Crippen LogP contribution in [0, 0.1) is 10.1 Å². The van der Waals surface area contributed by atoms with E-state index in [1.165, 1.54) is 24.0 Å². The van der Waals surface area contributed by atoms with Crippen LogP contribution in [0.25, 0.3) is 0 Å². The highest BCUT2D eigenvalue weighted by Gasteiger charge is 2.24. The van der Waals surface area contributed by atoms with E-state index in [-0.39, 0.29) is 16.9 Å². The van der Waals surface area contributed by atoms with E-state index in [1.807, 2.05) is 30.3 Å². The Morgan fingerprint density at radius 1 is 1.23 bits per heavy atom. The van der Waals surface area contributed by atoms with Crippen molar-refractivity contribution in [3.8, 4) is 0 Å². The fourth-order valence-electron chi connectivity index (χ4n) is 2.35. The summed E-state index contributed by atoms with van der Waals surface area (Å²) in [5.41, 5.74) is 6.23. The summed E-state index contributed by atoms with van der Waals surface area (Å²) in [5.74, 6) is -1.29. The number of carbonyl (C=O) groups excluding carboxylic acids is 2. The molecule has 0 heterocycles. The van der Waals surface area contributed by atoms with E-state index in [0.717, 1.165) is 11.6 Å². The molecule has 8 heteroatoms. The largest absolute Gasteiger partial charge is 0.449 e. The highest BCUT2D eigenvalue weighted by molar-refractivity contribution is 5.97. The van der Waals surface area contributed by atoms with Crippen LogP contribution in [0.3, 0.4) is 0 Å². The molecular weight excluding hydrogens is 338 g/mol. The van der Waals surface area contributed by atoms with Crippen molar-refractivity contribution in [2.24, 2.45) is 0 Å². The molecule has 1 amide bonds. The molecule has 0 bridgehead atoms. The fourth-order valence-corrected chi connectivity index (χ4v) is 2.35. The van der Waals surface area contributed by atoms with Gasteiger partial charge in [-0.1, -0.05) is 30.3 Å². The van der Waals surface area contributed by atoms with Crippen LogP contribution in [0.2, 0.25) is 0 Å². The van der Waals surface area contributed by atoms with Crippen molar-refractivity contribution >= 4 is 23.3 Å². The summed E-state index contributed by atoms with van der Waals surface area (Å²) in [6, 6.07) is 12.8. The van der Waals surface area contributed by atoms with E-state index in [4.69, 9.17) is 10.5 Å². The first-order valence-corrected chi connectivity index (χ1v) is 7.83. The van der Waals surface area contributed by atoms with Gasteiger partial charge in [0.05, 0.1) is 10.5 Å². The van der Waals surface area contributed by atoms with Gasteiger partial charge in [-0.05, 0) is 18.6 Å². The van der Waals surface area contributed by atoms with Crippen LogP contribution in [-0.4, -0.2) is 34.9 Å². The number of nitro groups is 1. The van der Waals surface area contributed by atoms with Gasteiger partial charge in [-0.25, -0.2) is 4.79 Å². The van der Waals surface area contributed by atoms with Gasteiger partial charge in [0.25, 0.3) is 11.6 Å². The molecule has 0 fully saturated rings. The van der Waals surface area contributed by atoms with Crippen LogP contribution in [0.5, 0.6) is 0 Å². The van der Waals surface area contributed by atoms with E-state index in [0.29, 0.717) is 6.54 Å². The van der Waals surface area contributed by atoms with Gasteiger partial charge < -0.3 is 15.4 Å². The molecule has 1 atom stereocenters. The Hall–Kier alpha value is -3.42. The number of anilines is 1. The summed E-state index contributed by atoms with van der Waals surface area (Å²) in [6.07, 6.45) is -1.06. The third-order valence-corrected chi connectivity index (χ3v) is 3.74. The zero-order valence-electron chi connectivity index (χ0n) is 14.4. The maximum atomic E-state index is 12.4. The summed E-state index contributed by atoms with van der Waals surface area (Å²) >= 11 is 0. The molecule has 0 saturated carbocycles. The molecule has 2 N–H and O–H groups in total. The van der Waals surface area contributed by atoms with Gasteiger partial charge >= 0.3 is 5.97 Å². The molecule has 0 spiro atoms. The maximum absolute atomic E-state index is 12.4. The molecule has 2 aromatic carbocycles. The normalized spacial score (nSPS) is 11.5. The number of nitrogens with two attached hydrogens (primary N) is 1. The summed E-state index contributed by atoms with van der Waals surface area (Å²) in [4.78, 5) is 36.3. The van der Waals surface area contributed by atoms with Gasteiger partial charge in [0.1, 0.15) is 0 Å². The van der Waals surface area contributed by atoms with Crippen molar-refractivity contribution in [1.29, 1.82) is 0 Å². The maximum Gasteiger partial charge on any atom is 0.341 e. The average molecular weight is 357 g/mol. The number of ether oxygens (including phenoxy) is 1. The topological polar surface area (TPSA) is 116 Å². The summed E-state index contributed by atoms with van der Waals surface area (Å²) < 4.78 is 5.14. The molecule has 0 aliphatic rings. The molecule has 26 heavy (non-hydrogen) atoms. The van der Waals surface area contributed by atoms with Crippen LogP contribution in [0.4, 0.5) is 11.4 Å². The van der Waals surface area contributed by atoms with E-state index >= 15 is 0 Å². The Morgan fingerprint density at radius 2 is 1.88 bits per heavy atom. The highest BCUT2D eigenvalue weighted by Crippen LogP contribution is 2.21. The number of non-ortho nitro benzene ring substituents is 1. The second-order valence-corrected chi connectivity index (χ2v) is 5.76. The average Bonchev–Trinajstić information content (AvgIpc) is 2.61. The van der Waals surface area contributed by atoms with Gasteiger partial charge in [0, 0.05) is 31.4 Å². The van der Waals surface area contributed by atoms with Gasteiger partial charge in [-0.15, -0.1) is 0 Å². The first-order valence-electron chi connectivity index (χ1n) is 7.83. The minimum Gasteiger partial charge on any atom is -0.449 e. The van der Waals surface area contributed by atoms with Crippen molar-refractivity contribution in [2.45, 2.75) is 19.6 Å². The minimum absolute atomic E-state index is 0.0397. The van der Waals surface area contributed by atoms with E-state index in [1.54, 1.807) is 7.05 Å². The first kappa shape index (κ1) is 18.9. The second-order valence-electron chi connectivity index (χ2n) is 5.76. The molecule has 0 saturated heterocycles. The molecule has 0 aliphatic carbocycles. The van der Waals surface area contributed by atoms with E-state index in [9.17, 15) is 19.7 Å². The Kier molecular flexibility index (Phi) is 5.90. The summed E-state index contributed by atoms with van der Waals surface area (Å²) in [5, 5.41) is 10.8. The van der Waals surface area contributed by atoms with Gasteiger partial charge in [-0.3, -0.25) is 14.9 Å². The van der Waals surface area contributed by atoms with Gasteiger partial charge in [-0.2, -0.15) is 0 Å². The Morgan fingerprint density at radius 3 is 2.50 bits per heavy atom. The van der Waals surface area contributed by atoms with Gasteiger partial charge in [0.15, 0.2) is 6.10 Å². The van der Waals surface area contributed by atoms with Crippen LogP contribution >= 0.6 is 0 Å². The van der Waals surface area contributed by atoms with Crippen molar-refractivity contribution in [3.05, 3.63) is 69.8 Å². The quantitative estimate of drug-likeness (QED) is 0.367. The lowest BCUT2D eigenvalue weighted by atomic mass is 10.1. The summed E-state index contributed by atoms with van der Waals surface area (Å²) in [6.45, 7) is 1.80. The van der Waals surface area contributed by atoms with Crippen LogP contribution in [0.1, 0.15) is 22.8 Å². The molecule has 8 nitrogen and oxygen atoms in total. The van der Waals surface area contributed by atoms with Crippen LogP contribution in [0.15, 0.2) is 48.5 Å². The number of rotatable bonds is 6. The lowest BCUT2D eigenvalue weighted by Crippen LogP contribution is -2.37. The molecule has 1 unspecified atom stereocenters. The number of carbonyl (C=O) groups is 2. The Balaban J connectivity index is 2.05. The third kappa shape index (κ3) is 4.56. The molecule has 2 rings (SSSR count). The standard InChI is InChI=1S/C18H19N3O5/c1-12(17(22)20(2)11-13-6-4-3-5-7-13)26-18(23)15-10-14(21(24)25)8-9-16(15)19/h3-10,12H,11,19H2,1-2H3. The molecule has 0 aliphatic heterocycles. The van der Waals surface area contributed by atoms with Crippen molar-refractivity contribution < 1.29 is 19.2 Å². The van der Waals surface area contributed by atoms with E-state index in [2.05, 4.69) is 0 Å². The molecule has 136 valence electrons. The van der Waals surface area contributed by atoms with E-state index < -0.39 is 22.9 Å². The number of esters is 1. The number of nitrogens with zero attached hydrogens (tertiary/aromatic N) is 2. The summed E-state index contributed by atoms with van der Waals surface area (Å²) in [7, 11) is 1.60. The molecular formula is C18H19N3O5. The zero-order valence-corrected chi connectivity index (χ0v) is 14.4. The number of nitro benzene ring substituents is 1. The van der Waals surface area contributed by atoms with Crippen molar-refractivity contribution in [2.75, 3.05) is 12.8 Å². The SMILES string of the molecule is CC(OC(=O)c1cc([N+](=O)[O-])ccc1N)C(=O)N(C)Cc1ccccc1. The molecule has 2 aromatic rings. The van der Waals surface area contributed by atoms with Crippen LogP contribution in [-0.2, 0) is 16.1 Å². The number of nitrogen functional groups attached to an aromatic ring is 1. The highest BCUT2D eigenvalue weighted by atomic mass is 16.6. The lowest BCUT2D eigenvalue weighted by Gasteiger charge is -2.21. The predicted octanol–water partition coefficient (Wildman–Crippen LogP) is 2.38. The number of amides is 1. The number of hydrogen-bond acceptors (Lipinski definition) is 6. The second kappa shape index (κ2) is 8.11. The Labute approximate surface area is 150 Å². The minimum atomic E-state index is -1.06. The number of hydrogen-bond donors (Lipinski definition) is 1. The van der Waals surface area contributed by atoms with Crippen molar-refractivity contribution in [1.82, 2.24) is 4.90 Å². The predicted molar refractivity (Wildman–Crippen MR) is 95.3 cm³/mol. The van der Waals surface area contributed by atoms with Crippen LogP contribution < -0.4 is 5.73 Å². The molecule has 0 aromatic heterocycles. The van der Waals surface area contributed by atoms with Gasteiger partial charge in [0.2, 0.25) is 0 Å².